The first-order valence-corrected chi connectivity index (χ1v) is 10.1. The Kier molecular flexibility index (Phi) is 11.2. The van der Waals surface area contributed by atoms with Gasteiger partial charge in [0.2, 0.25) is 0 Å². The van der Waals surface area contributed by atoms with E-state index in [9.17, 15) is 14.7 Å². The monoisotopic (exact) mass is 440 g/mol. The maximum atomic E-state index is 12.9. The van der Waals surface area contributed by atoms with Crippen LogP contribution in [0.25, 0.3) is 0 Å². The molecule has 3 rings (SSSR count). The van der Waals surface area contributed by atoms with Crippen LogP contribution >= 0.6 is 0 Å². The smallest absolute Gasteiger partial charge is 0.550 e. The van der Waals surface area contributed by atoms with E-state index < -0.39 is 17.8 Å². The van der Waals surface area contributed by atoms with Crippen LogP contribution < -0.4 is 56.5 Å². The van der Waals surface area contributed by atoms with Gasteiger partial charge in [0, 0.05) is 11.9 Å². The van der Waals surface area contributed by atoms with Crippen molar-refractivity contribution in [2.24, 2.45) is 11.8 Å². The van der Waals surface area contributed by atoms with Crippen molar-refractivity contribution in [3.63, 3.8) is 0 Å². The van der Waals surface area contributed by atoms with Gasteiger partial charge in [0.15, 0.2) is 0 Å². The topological polar surface area (TPSA) is 66.4 Å². The van der Waals surface area contributed by atoms with Gasteiger partial charge in [-0.3, -0.25) is 4.79 Å². The molecule has 0 unspecified atom stereocenters. The number of carboxylic acids is 1. The number of ether oxygens (including phenoxy) is 1. The van der Waals surface area contributed by atoms with Crippen LogP contribution in [0.15, 0.2) is 91.0 Å². The predicted molar refractivity (Wildman–Crippen MR) is 113 cm³/mol. The number of rotatable bonds is 10. The van der Waals surface area contributed by atoms with Crippen molar-refractivity contribution in [3.05, 3.63) is 108 Å². The van der Waals surface area contributed by atoms with Crippen LogP contribution in [0.1, 0.15) is 23.1 Å². The molecule has 154 valence electrons. The molecule has 0 aromatic heterocycles. The number of hydrogen-bond donors (Lipinski definition) is 0. The molecule has 3 aromatic carbocycles. The molecule has 0 aliphatic heterocycles. The van der Waals surface area contributed by atoms with Gasteiger partial charge in [0.25, 0.3) is 0 Å². The third kappa shape index (κ3) is 8.71. The third-order valence-electron chi connectivity index (χ3n) is 5.11. The predicted octanol–water partition coefficient (Wildman–Crippen LogP) is 0.592. The van der Waals surface area contributed by atoms with Crippen molar-refractivity contribution >= 4 is 11.9 Å². The second-order valence-corrected chi connectivity index (χ2v) is 7.42. The van der Waals surface area contributed by atoms with Gasteiger partial charge >= 0.3 is 57.4 Å². The van der Waals surface area contributed by atoms with E-state index in [1.807, 2.05) is 91.0 Å². The summed E-state index contributed by atoms with van der Waals surface area (Å²) in [6, 6.07) is 28.4. The van der Waals surface area contributed by atoms with Gasteiger partial charge in [-0.1, -0.05) is 91.0 Å². The largest absolute Gasteiger partial charge is 1.00 e. The van der Waals surface area contributed by atoms with Crippen LogP contribution in [0.5, 0.6) is 0 Å². The minimum atomic E-state index is -1.15. The fourth-order valence-corrected chi connectivity index (χ4v) is 3.51. The minimum Gasteiger partial charge on any atom is -0.550 e. The average molecular weight is 441 g/mol. The SMILES string of the molecule is O=C([O-])[C@@H](Cc1ccccc1)C[C@H](Cc1ccccc1)C(=O)OCc1ccccc1.[K+]. The molecular weight excluding hydrogens is 415 g/mol. The first kappa shape index (κ1) is 25.5. The number of carboxylic acid groups (broad SMARTS) is 1. The standard InChI is InChI=1S/C26H26O4.K/c27-25(28)23(16-20-10-4-1-5-11-20)18-24(17-21-12-6-2-7-13-21)26(29)30-19-22-14-8-3-9-15-22;/h1-15,23-24H,16-19H2,(H,27,28);/q;+1/p-1/t23-,24-;/m0./s1. The van der Waals surface area contributed by atoms with Gasteiger partial charge in [-0.15, -0.1) is 0 Å². The maximum Gasteiger partial charge on any atom is 1.00 e. The second kappa shape index (κ2) is 13.6. The third-order valence-corrected chi connectivity index (χ3v) is 5.11. The van der Waals surface area contributed by atoms with Crippen molar-refractivity contribution in [2.75, 3.05) is 0 Å². The Morgan fingerprint density at radius 1 is 0.677 bits per heavy atom. The van der Waals surface area contributed by atoms with Gasteiger partial charge in [0.1, 0.15) is 6.61 Å². The van der Waals surface area contributed by atoms with Gasteiger partial charge in [-0.05, 0) is 36.0 Å². The minimum absolute atomic E-state index is 0. The number of hydrogen-bond acceptors (Lipinski definition) is 4. The molecule has 0 N–H and O–H groups in total. The van der Waals surface area contributed by atoms with E-state index in [1.165, 1.54) is 0 Å². The van der Waals surface area contributed by atoms with Gasteiger partial charge in [0.05, 0.1) is 5.92 Å². The first-order chi connectivity index (χ1) is 14.6. The van der Waals surface area contributed by atoms with E-state index in [0.29, 0.717) is 12.8 Å². The van der Waals surface area contributed by atoms with Crippen LogP contribution in [0.3, 0.4) is 0 Å². The Hall–Kier alpha value is -1.76. The van der Waals surface area contributed by atoms with Crippen molar-refractivity contribution in [2.45, 2.75) is 25.9 Å². The van der Waals surface area contributed by atoms with Crippen LogP contribution in [0.2, 0.25) is 0 Å². The Labute approximate surface area is 226 Å². The van der Waals surface area contributed by atoms with Crippen molar-refractivity contribution < 1.29 is 70.8 Å². The molecule has 3 aromatic rings. The molecule has 0 spiro atoms. The van der Waals surface area contributed by atoms with Crippen LogP contribution in [-0.4, -0.2) is 11.9 Å². The van der Waals surface area contributed by atoms with Gasteiger partial charge in [-0.2, -0.15) is 0 Å². The summed E-state index contributed by atoms with van der Waals surface area (Å²) in [4.78, 5) is 24.7. The number of benzene rings is 3. The Morgan fingerprint density at radius 2 is 1.10 bits per heavy atom. The number of aliphatic carboxylic acids is 1. The molecule has 0 fully saturated rings. The molecule has 31 heavy (non-hydrogen) atoms. The summed E-state index contributed by atoms with van der Waals surface area (Å²) in [7, 11) is 0. The summed E-state index contributed by atoms with van der Waals surface area (Å²) < 4.78 is 5.54. The maximum absolute atomic E-state index is 12.9. The molecule has 0 radical (unpaired) electrons. The Balaban J connectivity index is 0.00000341. The number of carbonyl (C=O) groups excluding carboxylic acids is 2. The molecule has 0 aliphatic carbocycles. The zero-order chi connectivity index (χ0) is 21.2. The number of esters is 1. The van der Waals surface area contributed by atoms with Crippen molar-refractivity contribution in [1.29, 1.82) is 0 Å². The van der Waals surface area contributed by atoms with Crippen LogP contribution in [0.4, 0.5) is 0 Å². The van der Waals surface area contributed by atoms with E-state index in [2.05, 4.69) is 0 Å². The first-order valence-electron chi connectivity index (χ1n) is 10.1. The van der Waals surface area contributed by atoms with E-state index in [4.69, 9.17) is 4.74 Å². The van der Waals surface area contributed by atoms with E-state index in [0.717, 1.165) is 16.7 Å². The fourth-order valence-electron chi connectivity index (χ4n) is 3.51. The fraction of sp³-hybridized carbons (Fsp3) is 0.231. The zero-order valence-electron chi connectivity index (χ0n) is 17.8. The molecule has 2 atom stereocenters. The Morgan fingerprint density at radius 3 is 1.55 bits per heavy atom. The molecule has 4 nitrogen and oxygen atoms in total. The summed E-state index contributed by atoms with van der Waals surface area (Å²) >= 11 is 0. The molecule has 5 heteroatoms. The van der Waals surface area contributed by atoms with Gasteiger partial charge < -0.3 is 14.6 Å². The van der Waals surface area contributed by atoms with Gasteiger partial charge in [-0.25, -0.2) is 0 Å². The Bertz CT molecular complexity index is 929. The zero-order valence-corrected chi connectivity index (χ0v) is 20.9. The van der Waals surface area contributed by atoms with Crippen LogP contribution in [0, 0.1) is 11.8 Å². The average Bonchev–Trinajstić information content (AvgIpc) is 2.78. The quantitative estimate of drug-likeness (QED) is 0.342. The van der Waals surface area contributed by atoms with E-state index in [1.54, 1.807) is 0 Å². The summed E-state index contributed by atoms with van der Waals surface area (Å²) in [6.45, 7) is 0.166. The normalized spacial score (nSPS) is 12.3. The number of carbonyl (C=O) groups is 2. The summed E-state index contributed by atoms with van der Waals surface area (Å²) in [5.74, 6) is -2.87. The molecule has 0 heterocycles. The van der Waals surface area contributed by atoms with E-state index in [-0.39, 0.29) is 70.4 Å². The summed E-state index contributed by atoms with van der Waals surface area (Å²) in [5, 5.41) is 11.8. The molecule has 0 bridgehead atoms. The van der Waals surface area contributed by atoms with Crippen LogP contribution in [-0.2, 0) is 33.8 Å². The second-order valence-electron chi connectivity index (χ2n) is 7.42. The molecule has 0 amide bonds. The summed E-state index contributed by atoms with van der Waals surface area (Å²) in [5.41, 5.74) is 2.77. The van der Waals surface area contributed by atoms with Crippen molar-refractivity contribution in [3.8, 4) is 0 Å². The summed E-state index contributed by atoms with van der Waals surface area (Å²) in [6.07, 6.45) is 0.910. The molecular formula is C26H25KO4. The van der Waals surface area contributed by atoms with E-state index >= 15 is 0 Å². The molecule has 0 saturated carbocycles. The molecule has 0 saturated heterocycles. The van der Waals surface area contributed by atoms with Crippen molar-refractivity contribution in [1.82, 2.24) is 0 Å². The molecule has 0 aliphatic rings.